The van der Waals surface area contributed by atoms with Crippen LogP contribution in [0.15, 0.2) is 52.0 Å². The van der Waals surface area contributed by atoms with Gasteiger partial charge in [0.1, 0.15) is 5.58 Å². The van der Waals surface area contributed by atoms with Gasteiger partial charge in [-0.1, -0.05) is 24.3 Å². The molecule has 0 unspecified atom stereocenters. The van der Waals surface area contributed by atoms with Crippen LogP contribution in [-0.4, -0.2) is 25.2 Å². The van der Waals surface area contributed by atoms with E-state index in [1.54, 1.807) is 6.21 Å². The van der Waals surface area contributed by atoms with E-state index in [-0.39, 0.29) is 11.7 Å². The predicted octanol–water partition coefficient (Wildman–Crippen LogP) is 4.55. The third-order valence-electron chi connectivity index (χ3n) is 4.91. The zero-order valence-corrected chi connectivity index (χ0v) is 16.9. The predicted molar refractivity (Wildman–Crippen MR) is 115 cm³/mol. The molecule has 0 bridgehead atoms. The number of hydrogen-bond donors (Lipinski definition) is 1. The molecule has 1 N–H and O–H groups in total. The summed E-state index contributed by atoms with van der Waals surface area (Å²) in [5.41, 5.74) is 7.04. The highest BCUT2D eigenvalue weighted by atomic mass is 16.3. The second kappa shape index (κ2) is 9.07. The standard InChI is InChI=1S/C23H24N4O2/c1-4-27(13-7-12-24)19-11-10-18(16(2)14-19)15-25-26-23(28)22-17(3)20-8-5-6-9-21(20)29-22/h5-6,8-11,14-15H,4,7,13H2,1-3H3,(H,26,28)/b25-15-. The highest BCUT2D eigenvalue weighted by Gasteiger charge is 2.16. The van der Waals surface area contributed by atoms with Crippen LogP contribution in [0.2, 0.25) is 0 Å². The first kappa shape index (κ1) is 20.2. The lowest BCUT2D eigenvalue weighted by Crippen LogP contribution is -2.23. The number of carbonyl (C=O) groups is 1. The summed E-state index contributed by atoms with van der Waals surface area (Å²) in [7, 11) is 0. The number of anilines is 1. The summed E-state index contributed by atoms with van der Waals surface area (Å²) in [6, 6.07) is 15.8. The van der Waals surface area contributed by atoms with Gasteiger partial charge in [-0.2, -0.15) is 10.4 Å². The van der Waals surface area contributed by atoms with E-state index in [1.807, 2.05) is 50.2 Å². The van der Waals surface area contributed by atoms with Crippen molar-refractivity contribution in [2.45, 2.75) is 27.2 Å². The van der Waals surface area contributed by atoms with Crippen LogP contribution in [0.25, 0.3) is 11.0 Å². The van der Waals surface area contributed by atoms with Gasteiger partial charge in [0.15, 0.2) is 5.76 Å². The Balaban J connectivity index is 1.70. The number of nitriles is 1. The van der Waals surface area contributed by atoms with Crippen molar-refractivity contribution in [3.05, 3.63) is 64.9 Å². The molecule has 1 amide bonds. The maximum Gasteiger partial charge on any atom is 0.307 e. The van der Waals surface area contributed by atoms with Gasteiger partial charge in [0.05, 0.1) is 18.7 Å². The lowest BCUT2D eigenvalue weighted by atomic mass is 10.1. The normalized spacial score (nSPS) is 11.0. The van der Waals surface area contributed by atoms with Gasteiger partial charge in [-0.05, 0) is 50.1 Å². The second-order valence-corrected chi connectivity index (χ2v) is 6.78. The van der Waals surface area contributed by atoms with Crippen LogP contribution < -0.4 is 10.3 Å². The number of rotatable bonds is 7. The van der Waals surface area contributed by atoms with E-state index in [4.69, 9.17) is 9.68 Å². The first-order valence-corrected chi connectivity index (χ1v) is 9.59. The number of nitrogens with zero attached hydrogens (tertiary/aromatic N) is 3. The Labute approximate surface area is 170 Å². The Bertz CT molecular complexity index is 1090. The fourth-order valence-electron chi connectivity index (χ4n) is 3.26. The summed E-state index contributed by atoms with van der Waals surface area (Å²) in [6.45, 7) is 7.46. The molecule has 0 spiro atoms. The van der Waals surface area contributed by atoms with Crippen molar-refractivity contribution in [2.24, 2.45) is 5.10 Å². The molecular formula is C23H24N4O2. The molecule has 6 nitrogen and oxygen atoms in total. The van der Waals surface area contributed by atoms with E-state index < -0.39 is 0 Å². The second-order valence-electron chi connectivity index (χ2n) is 6.78. The Morgan fingerprint density at radius 2 is 2.07 bits per heavy atom. The van der Waals surface area contributed by atoms with Gasteiger partial charge in [-0.15, -0.1) is 0 Å². The smallest absolute Gasteiger partial charge is 0.307 e. The SMILES string of the molecule is CCN(CCC#N)c1ccc(/C=N\NC(=O)c2oc3ccccc3c2C)c(C)c1. The molecule has 0 fully saturated rings. The Morgan fingerprint density at radius 1 is 1.28 bits per heavy atom. The number of amides is 1. The van der Waals surface area contributed by atoms with Crippen LogP contribution in [0.4, 0.5) is 5.69 Å². The van der Waals surface area contributed by atoms with E-state index in [9.17, 15) is 4.79 Å². The molecule has 0 aliphatic carbocycles. The van der Waals surface area contributed by atoms with Crippen molar-refractivity contribution in [1.29, 1.82) is 5.26 Å². The minimum Gasteiger partial charge on any atom is -0.451 e. The third kappa shape index (κ3) is 4.46. The molecule has 0 radical (unpaired) electrons. The van der Waals surface area contributed by atoms with E-state index in [2.05, 4.69) is 34.5 Å². The number of nitrogens with one attached hydrogen (secondary N) is 1. The summed E-state index contributed by atoms with van der Waals surface area (Å²) in [6.07, 6.45) is 2.11. The minimum atomic E-state index is -0.377. The topological polar surface area (TPSA) is 81.6 Å². The fourth-order valence-corrected chi connectivity index (χ4v) is 3.26. The van der Waals surface area contributed by atoms with E-state index in [1.165, 1.54) is 0 Å². The van der Waals surface area contributed by atoms with Crippen molar-refractivity contribution in [1.82, 2.24) is 5.43 Å². The zero-order valence-electron chi connectivity index (χ0n) is 16.9. The van der Waals surface area contributed by atoms with E-state index in [0.717, 1.165) is 34.3 Å². The van der Waals surface area contributed by atoms with Crippen LogP contribution >= 0.6 is 0 Å². The average Bonchev–Trinajstić information content (AvgIpc) is 3.07. The highest BCUT2D eigenvalue weighted by molar-refractivity contribution is 5.99. The molecule has 0 aliphatic rings. The molecule has 29 heavy (non-hydrogen) atoms. The number of aryl methyl sites for hydroxylation is 2. The molecule has 0 saturated heterocycles. The summed E-state index contributed by atoms with van der Waals surface area (Å²) >= 11 is 0. The van der Waals surface area contributed by atoms with Gasteiger partial charge < -0.3 is 9.32 Å². The summed E-state index contributed by atoms with van der Waals surface area (Å²) in [4.78, 5) is 14.6. The van der Waals surface area contributed by atoms with Gasteiger partial charge in [-0.3, -0.25) is 4.79 Å². The number of carbonyl (C=O) groups excluding carboxylic acids is 1. The molecule has 6 heteroatoms. The third-order valence-corrected chi connectivity index (χ3v) is 4.91. The van der Waals surface area contributed by atoms with Crippen LogP contribution in [-0.2, 0) is 0 Å². The Kier molecular flexibility index (Phi) is 6.30. The number of furan rings is 1. The fraction of sp³-hybridized carbons (Fsp3) is 0.261. The Morgan fingerprint density at radius 3 is 2.76 bits per heavy atom. The molecule has 3 aromatic rings. The summed E-state index contributed by atoms with van der Waals surface area (Å²) in [5.74, 6) is -0.107. The van der Waals surface area contributed by atoms with Crippen LogP contribution in [0.3, 0.4) is 0 Å². The zero-order chi connectivity index (χ0) is 20.8. The summed E-state index contributed by atoms with van der Waals surface area (Å²) < 4.78 is 5.66. The Hall–Kier alpha value is -3.59. The van der Waals surface area contributed by atoms with Crippen molar-refractivity contribution in [3.8, 4) is 6.07 Å². The lowest BCUT2D eigenvalue weighted by Gasteiger charge is -2.22. The molecule has 2 aromatic carbocycles. The maximum absolute atomic E-state index is 12.4. The molecule has 1 aromatic heterocycles. The number of benzene rings is 2. The largest absolute Gasteiger partial charge is 0.451 e. The van der Waals surface area contributed by atoms with Crippen molar-refractivity contribution in [3.63, 3.8) is 0 Å². The first-order valence-electron chi connectivity index (χ1n) is 9.59. The lowest BCUT2D eigenvalue weighted by molar-refractivity contribution is 0.0929. The first-order chi connectivity index (χ1) is 14.0. The molecule has 1 heterocycles. The van der Waals surface area contributed by atoms with Crippen molar-refractivity contribution < 1.29 is 9.21 Å². The van der Waals surface area contributed by atoms with Crippen LogP contribution in [0.1, 0.15) is 40.6 Å². The maximum atomic E-state index is 12.4. The number of fused-ring (bicyclic) bond motifs is 1. The van der Waals surface area contributed by atoms with Gasteiger partial charge in [0, 0.05) is 29.7 Å². The highest BCUT2D eigenvalue weighted by Crippen LogP contribution is 2.24. The molecule has 0 aliphatic heterocycles. The van der Waals surface area contributed by atoms with Gasteiger partial charge >= 0.3 is 5.91 Å². The molecule has 0 atom stereocenters. The average molecular weight is 388 g/mol. The number of para-hydroxylation sites is 1. The van der Waals surface area contributed by atoms with Gasteiger partial charge in [0.25, 0.3) is 0 Å². The summed E-state index contributed by atoms with van der Waals surface area (Å²) in [5, 5.41) is 13.8. The van der Waals surface area contributed by atoms with Crippen LogP contribution in [0, 0.1) is 25.2 Å². The van der Waals surface area contributed by atoms with Gasteiger partial charge in [-0.25, -0.2) is 5.43 Å². The van der Waals surface area contributed by atoms with Crippen LogP contribution in [0.5, 0.6) is 0 Å². The molecule has 0 saturated carbocycles. The molecule has 3 rings (SSSR count). The number of hydrazone groups is 1. The van der Waals surface area contributed by atoms with Gasteiger partial charge in [0.2, 0.25) is 0 Å². The monoisotopic (exact) mass is 388 g/mol. The minimum absolute atomic E-state index is 0.270. The molecular weight excluding hydrogens is 364 g/mol. The van der Waals surface area contributed by atoms with Crippen molar-refractivity contribution in [2.75, 3.05) is 18.0 Å². The number of hydrogen-bond acceptors (Lipinski definition) is 5. The van der Waals surface area contributed by atoms with E-state index in [0.29, 0.717) is 18.5 Å². The molecule has 148 valence electrons. The van der Waals surface area contributed by atoms with E-state index >= 15 is 0 Å². The van der Waals surface area contributed by atoms with Crippen molar-refractivity contribution >= 4 is 28.8 Å². The quantitative estimate of drug-likeness (QED) is 0.475.